The highest BCUT2D eigenvalue weighted by Gasteiger charge is 2.17. The van der Waals surface area contributed by atoms with E-state index in [1.807, 2.05) is 90.8 Å². The van der Waals surface area contributed by atoms with Crippen LogP contribution >= 0.6 is 27.3 Å². The van der Waals surface area contributed by atoms with E-state index in [1.165, 1.54) is 11.3 Å². The SMILES string of the molecule is Cc1c(N=c2scc(-c3ccccc3Br)n2N=Cc2ccncc2)c(=O)n(-c2ccccc2)n1C. The van der Waals surface area contributed by atoms with Crippen LogP contribution in [-0.2, 0) is 7.05 Å². The molecule has 0 atom stereocenters. The van der Waals surface area contributed by atoms with E-state index in [1.54, 1.807) is 28.0 Å². The zero-order valence-electron chi connectivity index (χ0n) is 19.0. The Hall–Kier alpha value is -3.82. The molecule has 0 N–H and O–H groups in total. The second-order valence-electron chi connectivity index (χ2n) is 7.74. The van der Waals surface area contributed by atoms with Crippen LogP contribution in [-0.4, -0.2) is 25.2 Å². The molecule has 0 fully saturated rings. The van der Waals surface area contributed by atoms with Crippen molar-refractivity contribution < 1.29 is 0 Å². The summed E-state index contributed by atoms with van der Waals surface area (Å²) in [6, 6.07) is 21.3. The number of benzene rings is 2. The van der Waals surface area contributed by atoms with Gasteiger partial charge in [-0.2, -0.15) is 5.10 Å². The molecule has 3 heterocycles. The molecule has 0 spiro atoms. The number of rotatable bonds is 5. The van der Waals surface area contributed by atoms with Crippen LogP contribution in [0.3, 0.4) is 0 Å². The summed E-state index contributed by atoms with van der Waals surface area (Å²) in [5, 5.41) is 6.74. The third-order valence-electron chi connectivity index (χ3n) is 5.59. The molecule has 0 bridgehead atoms. The molecule has 0 saturated heterocycles. The lowest BCUT2D eigenvalue weighted by Crippen LogP contribution is -2.19. The lowest BCUT2D eigenvalue weighted by atomic mass is 10.2. The molecule has 0 aliphatic carbocycles. The molecule has 0 saturated carbocycles. The number of halogens is 1. The van der Waals surface area contributed by atoms with Gasteiger partial charge in [-0.1, -0.05) is 52.3 Å². The van der Waals surface area contributed by atoms with E-state index >= 15 is 0 Å². The Morgan fingerprint density at radius 2 is 1.71 bits per heavy atom. The highest BCUT2D eigenvalue weighted by Crippen LogP contribution is 2.28. The summed E-state index contributed by atoms with van der Waals surface area (Å²) in [5.74, 6) is 0. The third kappa shape index (κ3) is 4.48. The molecule has 0 aliphatic heterocycles. The fourth-order valence-electron chi connectivity index (χ4n) is 3.70. The predicted molar refractivity (Wildman–Crippen MR) is 144 cm³/mol. The minimum absolute atomic E-state index is 0.184. The van der Waals surface area contributed by atoms with Gasteiger partial charge in [-0.15, -0.1) is 11.3 Å². The van der Waals surface area contributed by atoms with E-state index < -0.39 is 0 Å². The Balaban J connectivity index is 1.71. The lowest BCUT2D eigenvalue weighted by Gasteiger charge is -2.07. The second kappa shape index (κ2) is 9.81. The molecule has 0 aliphatic rings. The summed E-state index contributed by atoms with van der Waals surface area (Å²) < 4.78 is 6.16. The van der Waals surface area contributed by atoms with E-state index in [4.69, 9.17) is 10.1 Å². The van der Waals surface area contributed by atoms with Gasteiger partial charge in [-0.25, -0.2) is 14.4 Å². The second-order valence-corrected chi connectivity index (χ2v) is 9.43. The van der Waals surface area contributed by atoms with Crippen molar-refractivity contribution in [1.82, 2.24) is 19.0 Å². The highest BCUT2D eigenvalue weighted by molar-refractivity contribution is 9.10. The number of nitrogens with zero attached hydrogens (tertiary/aromatic N) is 6. The van der Waals surface area contributed by atoms with Crippen molar-refractivity contribution in [2.45, 2.75) is 6.92 Å². The van der Waals surface area contributed by atoms with Gasteiger partial charge in [-0.05, 0) is 42.8 Å². The third-order valence-corrected chi connectivity index (χ3v) is 7.10. The van der Waals surface area contributed by atoms with Crippen molar-refractivity contribution >= 4 is 39.2 Å². The van der Waals surface area contributed by atoms with Gasteiger partial charge >= 0.3 is 0 Å². The molecule has 174 valence electrons. The zero-order chi connectivity index (χ0) is 24.4. The van der Waals surface area contributed by atoms with Gasteiger partial charge in [0.25, 0.3) is 5.56 Å². The zero-order valence-corrected chi connectivity index (χ0v) is 21.4. The minimum atomic E-state index is -0.184. The van der Waals surface area contributed by atoms with Crippen molar-refractivity contribution in [3.8, 4) is 16.9 Å². The van der Waals surface area contributed by atoms with Crippen LogP contribution in [0.5, 0.6) is 0 Å². The summed E-state index contributed by atoms with van der Waals surface area (Å²) in [6.07, 6.45) is 5.20. The summed E-state index contributed by atoms with van der Waals surface area (Å²) in [7, 11) is 1.86. The van der Waals surface area contributed by atoms with Crippen molar-refractivity contribution in [1.29, 1.82) is 0 Å². The first-order chi connectivity index (χ1) is 17.0. The lowest BCUT2D eigenvalue weighted by molar-refractivity contribution is 0.630. The van der Waals surface area contributed by atoms with Crippen LogP contribution in [0.4, 0.5) is 5.69 Å². The molecular weight excluding hydrogens is 524 g/mol. The van der Waals surface area contributed by atoms with Crippen LogP contribution in [0, 0.1) is 6.92 Å². The largest absolute Gasteiger partial charge is 0.297 e. The fraction of sp³-hybridized carbons (Fsp3) is 0.0769. The van der Waals surface area contributed by atoms with Gasteiger partial charge in [0.15, 0.2) is 5.69 Å². The first-order valence-electron chi connectivity index (χ1n) is 10.8. The molecular formula is C26H21BrN6OS. The summed E-state index contributed by atoms with van der Waals surface area (Å²) in [5.41, 5.74) is 4.49. The van der Waals surface area contributed by atoms with Gasteiger partial charge in [0.05, 0.1) is 23.3 Å². The Kier molecular flexibility index (Phi) is 6.43. The van der Waals surface area contributed by atoms with E-state index in [2.05, 4.69) is 20.9 Å². The Labute approximate surface area is 214 Å². The van der Waals surface area contributed by atoms with Gasteiger partial charge < -0.3 is 0 Å². The molecule has 5 rings (SSSR count). The maximum absolute atomic E-state index is 13.4. The molecule has 5 aromatic rings. The number of para-hydroxylation sites is 1. The predicted octanol–water partition coefficient (Wildman–Crippen LogP) is 5.29. The van der Waals surface area contributed by atoms with Crippen molar-refractivity contribution in [3.05, 3.63) is 115 Å². The molecule has 3 aromatic heterocycles. The Morgan fingerprint density at radius 1 is 1.00 bits per heavy atom. The summed E-state index contributed by atoms with van der Waals surface area (Å²) >= 11 is 5.08. The highest BCUT2D eigenvalue weighted by atomic mass is 79.9. The van der Waals surface area contributed by atoms with Gasteiger partial charge in [0.2, 0.25) is 4.80 Å². The molecule has 35 heavy (non-hydrogen) atoms. The molecule has 2 aromatic carbocycles. The first kappa shape index (κ1) is 22.9. The number of hydrogen-bond acceptors (Lipinski definition) is 5. The minimum Gasteiger partial charge on any atom is -0.283 e. The Morgan fingerprint density at radius 3 is 2.46 bits per heavy atom. The number of hydrogen-bond donors (Lipinski definition) is 0. The number of pyridine rings is 1. The average molecular weight is 545 g/mol. The van der Waals surface area contributed by atoms with E-state index in [0.29, 0.717) is 10.5 Å². The quantitative estimate of drug-likeness (QED) is 0.282. The van der Waals surface area contributed by atoms with Crippen LogP contribution in [0.15, 0.2) is 104 Å². The molecule has 0 amide bonds. The van der Waals surface area contributed by atoms with Crippen molar-refractivity contribution in [3.63, 3.8) is 0 Å². The van der Waals surface area contributed by atoms with Crippen molar-refractivity contribution in [2.24, 2.45) is 17.1 Å². The smallest absolute Gasteiger partial charge is 0.283 e. The van der Waals surface area contributed by atoms with E-state index in [0.717, 1.165) is 32.7 Å². The van der Waals surface area contributed by atoms with Gasteiger partial charge in [0, 0.05) is 34.9 Å². The van der Waals surface area contributed by atoms with E-state index in [-0.39, 0.29) is 5.56 Å². The maximum Gasteiger partial charge on any atom is 0.297 e. The number of thiazole rings is 1. The first-order valence-corrected chi connectivity index (χ1v) is 12.5. The van der Waals surface area contributed by atoms with Crippen LogP contribution in [0.2, 0.25) is 0 Å². The standard InChI is InChI=1S/C26H21BrN6OS/c1-18-24(25(34)33(31(18)2)20-8-4-3-5-9-20)30-26-32(29-16-19-12-14-28-15-13-19)23(17-35-26)21-10-6-7-11-22(21)27/h3-17H,1-2H3. The Bertz CT molecular complexity index is 1640. The van der Waals surface area contributed by atoms with Crippen molar-refractivity contribution in [2.75, 3.05) is 0 Å². The van der Waals surface area contributed by atoms with Crippen LogP contribution < -0.4 is 10.4 Å². The molecule has 9 heteroatoms. The average Bonchev–Trinajstić information content (AvgIpc) is 3.37. The summed E-state index contributed by atoms with van der Waals surface area (Å²) in [6.45, 7) is 1.90. The van der Waals surface area contributed by atoms with Crippen LogP contribution in [0.25, 0.3) is 16.9 Å². The van der Waals surface area contributed by atoms with Gasteiger partial charge in [0.1, 0.15) is 0 Å². The molecule has 0 radical (unpaired) electrons. The summed E-state index contributed by atoms with van der Waals surface area (Å²) in [4.78, 5) is 22.9. The topological polar surface area (TPSA) is 69.5 Å². The van der Waals surface area contributed by atoms with Crippen LogP contribution in [0.1, 0.15) is 11.3 Å². The maximum atomic E-state index is 13.4. The molecule has 0 unspecified atom stereocenters. The van der Waals surface area contributed by atoms with Gasteiger partial charge in [-0.3, -0.25) is 14.5 Å². The number of aromatic nitrogens is 4. The molecule has 7 nitrogen and oxygen atoms in total. The fourth-order valence-corrected chi connectivity index (χ4v) is 5.02. The van der Waals surface area contributed by atoms with E-state index in [9.17, 15) is 4.79 Å². The monoisotopic (exact) mass is 544 g/mol. The normalized spacial score (nSPS) is 12.0.